The molecule has 0 aromatic heterocycles. The van der Waals surface area contributed by atoms with Crippen molar-refractivity contribution < 1.29 is 22.6 Å². The van der Waals surface area contributed by atoms with Crippen LogP contribution in [0.2, 0.25) is 5.02 Å². The van der Waals surface area contributed by atoms with Gasteiger partial charge in [0.1, 0.15) is 11.5 Å². The molecule has 1 N–H and O–H groups in total. The van der Waals surface area contributed by atoms with Crippen molar-refractivity contribution in [3.05, 3.63) is 53.1 Å². The van der Waals surface area contributed by atoms with Crippen molar-refractivity contribution >= 4 is 21.6 Å². The number of sulfonamides is 1. The fraction of sp³-hybridized carbons (Fsp3) is 0.400. The highest BCUT2D eigenvalue weighted by Crippen LogP contribution is 2.41. The van der Waals surface area contributed by atoms with Crippen molar-refractivity contribution in [3.63, 3.8) is 0 Å². The van der Waals surface area contributed by atoms with Crippen LogP contribution in [0.4, 0.5) is 0 Å². The summed E-state index contributed by atoms with van der Waals surface area (Å²) in [6.45, 7) is 1.31. The SMILES string of the molecule is COc1ccc(S(=O)(=O)NCC2(c3cc(Cl)ccc3OC)CCOCC2)cc1. The Morgan fingerprint density at radius 2 is 1.75 bits per heavy atom. The van der Waals surface area contributed by atoms with Gasteiger partial charge >= 0.3 is 0 Å². The van der Waals surface area contributed by atoms with Crippen molar-refractivity contribution in [2.24, 2.45) is 0 Å². The average molecular weight is 426 g/mol. The van der Waals surface area contributed by atoms with Gasteiger partial charge in [0.25, 0.3) is 0 Å². The van der Waals surface area contributed by atoms with Gasteiger partial charge in [-0.3, -0.25) is 0 Å². The van der Waals surface area contributed by atoms with Gasteiger partial charge in [0.05, 0.1) is 19.1 Å². The largest absolute Gasteiger partial charge is 0.497 e. The first-order chi connectivity index (χ1) is 13.4. The van der Waals surface area contributed by atoms with E-state index >= 15 is 0 Å². The van der Waals surface area contributed by atoms with Gasteiger partial charge in [-0.05, 0) is 55.3 Å². The molecule has 1 aliphatic rings. The molecule has 0 radical (unpaired) electrons. The van der Waals surface area contributed by atoms with Crippen LogP contribution in [0, 0.1) is 0 Å². The summed E-state index contributed by atoms with van der Waals surface area (Å²) < 4.78 is 44.6. The van der Waals surface area contributed by atoms with E-state index in [1.54, 1.807) is 25.3 Å². The van der Waals surface area contributed by atoms with Crippen molar-refractivity contribution in [1.82, 2.24) is 4.72 Å². The molecule has 0 unspecified atom stereocenters. The van der Waals surface area contributed by atoms with E-state index in [1.807, 2.05) is 12.1 Å². The monoisotopic (exact) mass is 425 g/mol. The number of hydrogen-bond donors (Lipinski definition) is 1. The zero-order chi connectivity index (χ0) is 20.2. The molecule has 1 saturated heterocycles. The molecular formula is C20H24ClNO5S. The lowest BCUT2D eigenvalue weighted by molar-refractivity contribution is 0.0509. The summed E-state index contributed by atoms with van der Waals surface area (Å²) in [5, 5.41) is 0.583. The molecule has 28 heavy (non-hydrogen) atoms. The number of rotatable bonds is 7. The molecule has 0 spiro atoms. The van der Waals surface area contributed by atoms with E-state index in [4.69, 9.17) is 25.8 Å². The summed E-state index contributed by atoms with van der Waals surface area (Å²) in [6, 6.07) is 11.7. The smallest absolute Gasteiger partial charge is 0.240 e. The van der Waals surface area contributed by atoms with Crippen LogP contribution in [0.3, 0.4) is 0 Å². The fourth-order valence-electron chi connectivity index (χ4n) is 3.47. The van der Waals surface area contributed by atoms with E-state index in [-0.39, 0.29) is 11.4 Å². The van der Waals surface area contributed by atoms with Gasteiger partial charge in [0.2, 0.25) is 10.0 Å². The van der Waals surface area contributed by atoms with Gasteiger partial charge < -0.3 is 14.2 Å². The van der Waals surface area contributed by atoms with Gasteiger partial charge in [-0.1, -0.05) is 11.6 Å². The zero-order valence-electron chi connectivity index (χ0n) is 15.9. The second-order valence-electron chi connectivity index (χ2n) is 6.74. The highest BCUT2D eigenvalue weighted by atomic mass is 35.5. The first-order valence-corrected chi connectivity index (χ1v) is 10.8. The van der Waals surface area contributed by atoms with E-state index in [9.17, 15) is 8.42 Å². The van der Waals surface area contributed by atoms with Crippen LogP contribution >= 0.6 is 11.6 Å². The van der Waals surface area contributed by atoms with Crippen LogP contribution in [0.25, 0.3) is 0 Å². The van der Waals surface area contributed by atoms with Crippen LogP contribution in [0.15, 0.2) is 47.4 Å². The Morgan fingerprint density at radius 3 is 2.36 bits per heavy atom. The maximum Gasteiger partial charge on any atom is 0.240 e. The van der Waals surface area contributed by atoms with E-state index in [0.717, 1.165) is 5.56 Å². The van der Waals surface area contributed by atoms with Crippen LogP contribution in [-0.2, 0) is 20.2 Å². The van der Waals surface area contributed by atoms with Gasteiger partial charge in [-0.2, -0.15) is 0 Å². The Bertz CT molecular complexity index is 909. The molecule has 2 aromatic carbocycles. The predicted octanol–water partition coefficient (Wildman–Crippen LogP) is 3.38. The van der Waals surface area contributed by atoms with E-state index in [2.05, 4.69) is 4.72 Å². The molecule has 1 fully saturated rings. The van der Waals surface area contributed by atoms with Crippen molar-refractivity contribution in [2.45, 2.75) is 23.2 Å². The number of ether oxygens (including phenoxy) is 3. The number of nitrogens with one attached hydrogen (secondary N) is 1. The minimum absolute atomic E-state index is 0.188. The number of methoxy groups -OCH3 is 2. The number of halogens is 1. The quantitative estimate of drug-likeness (QED) is 0.736. The summed E-state index contributed by atoms with van der Waals surface area (Å²) in [5.74, 6) is 1.29. The molecule has 1 heterocycles. The average Bonchev–Trinajstić information content (AvgIpc) is 2.73. The zero-order valence-corrected chi connectivity index (χ0v) is 17.5. The van der Waals surface area contributed by atoms with Crippen LogP contribution in [0.5, 0.6) is 11.5 Å². The first-order valence-electron chi connectivity index (χ1n) is 8.96. The summed E-state index contributed by atoms with van der Waals surface area (Å²) in [6.07, 6.45) is 1.32. The molecule has 152 valence electrons. The molecule has 0 saturated carbocycles. The number of benzene rings is 2. The minimum atomic E-state index is -3.68. The molecule has 0 amide bonds. The Morgan fingerprint density at radius 1 is 1.07 bits per heavy atom. The summed E-state index contributed by atoms with van der Waals surface area (Å²) in [4.78, 5) is 0.188. The van der Waals surface area contributed by atoms with Crippen LogP contribution < -0.4 is 14.2 Å². The molecule has 0 aliphatic carbocycles. The summed E-state index contributed by atoms with van der Waals surface area (Å²) in [5.41, 5.74) is 0.428. The summed E-state index contributed by atoms with van der Waals surface area (Å²) >= 11 is 6.23. The molecule has 0 bridgehead atoms. The Balaban J connectivity index is 1.90. The lowest BCUT2D eigenvalue weighted by Gasteiger charge is -2.38. The molecule has 6 nitrogen and oxygen atoms in total. The van der Waals surface area contributed by atoms with E-state index in [0.29, 0.717) is 42.6 Å². The van der Waals surface area contributed by atoms with Gasteiger partial charge in [0.15, 0.2) is 0 Å². The predicted molar refractivity (Wildman–Crippen MR) is 108 cm³/mol. The third kappa shape index (κ3) is 4.43. The summed E-state index contributed by atoms with van der Waals surface area (Å²) in [7, 11) is -0.545. The van der Waals surface area contributed by atoms with Crippen molar-refractivity contribution in [2.75, 3.05) is 34.0 Å². The van der Waals surface area contributed by atoms with Gasteiger partial charge in [-0.15, -0.1) is 0 Å². The molecular weight excluding hydrogens is 402 g/mol. The third-order valence-electron chi connectivity index (χ3n) is 5.15. The molecule has 1 aliphatic heterocycles. The maximum absolute atomic E-state index is 12.8. The van der Waals surface area contributed by atoms with Crippen molar-refractivity contribution in [3.8, 4) is 11.5 Å². The topological polar surface area (TPSA) is 73.9 Å². The number of hydrogen-bond acceptors (Lipinski definition) is 5. The standard InChI is InChI=1S/C20H24ClNO5S/c1-25-16-4-6-17(7-5-16)28(23,24)22-14-20(9-11-27-12-10-20)18-13-15(21)3-8-19(18)26-2/h3-8,13,22H,9-12,14H2,1-2H3. The minimum Gasteiger partial charge on any atom is -0.497 e. The molecule has 3 rings (SSSR count). The highest BCUT2D eigenvalue weighted by molar-refractivity contribution is 7.89. The first kappa shape index (κ1) is 20.9. The van der Waals surface area contributed by atoms with Crippen LogP contribution in [-0.4, -0.2) is 42.4 Å². The molecule has 2 aromatic rings. The third-order valence-corrected chi connectivity index (χ3v) is 6.81. The Kier molecular flexibility index (Phi) is 6.50. The molecule has 0 atom stereocenters. The highest BCUT2D eigenvalue weighted by Gasteiger charge is 2.38. The van der Waals surface area contributed by atoms with E-state index in [1.165, 1.54) is 19.2 Å². The second-order valence-corrected chi connectivity index (χ2v) is 8.94. The lowest BCUT2D eigenvalue weighted by atomic mass is 9.74. The Hall–Kier alpha value is -1.80. The molecule has 8 heteroatoms. The van der Waals surface area contributed by atoms with Crippen molar-refractivity contribution in [1.29, 1.82) is 0 Å². The van der Waals surface area contributed by atoms with Gasteiger partial charge in [-0.25, -0.2) is 13.1 Å². The van der Waals surface area contributed by atoms with E-state index < -0.39 is 15.4 Å². The normalized spacial score (nSPS) is 16.5. The Labute approximate surface area is 170 Å². The fourth-order valence-corrected chi connectivity index (χ4v) is 4.77. The lowest BCUT2D eigenvalue weighted by Crippen LogP contribution is -2.44. The van der Waals surface area contributed by atoms with Gasteiger partial charge in [0, 0.05) is 35.8 Å². The second kappa shape index (κ2) is 8.69. The van der Waals surface area contributed by atoms with Crippen LogP contribution in [0.1, 0.15) is 18.4 Å². The maximum atomic E-state index is 12.8.